The lowest BCUT2D eigenvalue weighted by atomic mass is 9.54. The number of nitrogens with zero attached hydrogens (tertiary/aromatic N) is 3. The van der Waals surface area contributed by atoms with Crippen molar-refractivity contribution in [1.82, 2.24) is 19.8 Å². The summed E-state index contributed by atoms with van der Waals surface area (Å²) in [7, 11) is 0. The zero-order chi connectivity index (χ0) is 27.4. The van der Waals surface area contributed by atoms with Crippen LogP contribution in [0.3, 0.4) is 0 Å². The summed E-state index contributed by atoms with van der Waals surface area (Å²) < 4.78 is 0. The predicted octanol–water partition coefficient (Wildman–Crippen LogP) is 7.30. The minimum absolute atomic E-state index is 0.0794. The molecule has 218 valence electrons. The number of aromatic amines is 1. The molecule has 41 heavy (non-hydrogen) atoms. The van der Waals surface area contributed by atoms with Crippen molar-refractivity contribution in [2.75, 3.05) is 26.2 Å². The minimum Gasteiger partial charge on any atom is -0.384 e. The fraction of sp³-hybridized carbons (Fsp3) is 0.639. The second-order valence-corrected chi connectivity index (χ2v) is 14.3. The number of rotatable bonds is 1. The molecule has 0 radical (unpaired) electrons. The highest BCUT2D eigenvalue weighted by Gasteiger charge is 2.65. The molecular weight excluding hydrogens is 504 g/mol. The van der Waals surface area contributed by atoms with E-state index in [2.05, 4.69) is 51.2 Å². The number of aliphatic hydroxyl groups is 1. The average molecular weight is 553 g/mol. The number of hydrogen-bond donors (Lipinski definition) is 2. The number of hydrogen-bond acceptors (Lipinski definition) is 4. The quantitative estimate of drug-likeness (QED) is 0.333. The van der Waals surface area contributed by atoms with Crippen molar-refractivity contribution in [3.63, 3.8) is 0 Å². The molecule has 2 aromatic heterocycles. The number of piperidine rings is 1. The number of fused-ring (bicyclic) bond motifs is 5. The van der Waals surface area contributed by atoms with Crippen molar-refractivity contribution in [3.05, 3.63) is 48.3 Å². The Hall–Kier alpha value is -2.21. The molecule has 0 amide bonds. The van der Waals surface area contributed by atoms with Crippen molar-refractivity contribution in [1.29, 1.82) is 0 Å². The summed E-state index contributed by atoms with van der Waals surface area (Å²) in [6.07, 6.45) is 22.0. The topological polar surface area (TPSA) is 55.4 Å². The van der Waals surface area contributed by atoms with Crippen LogP contribution in [0.5, 0.6) is 0 Å². The highest BCUT2D eigenvalue weighted by Crippen LogP contribution is 2.62. The normalized spacial score (nSPS) is 36.9. The maximum absolute atomic E-state index is 13.1. The molecule has 3 bridgehead atoms. The van der Waals surface area contributed by atoms with Gasteiger partial charge in [0.2, 0.25) is 0 Å². The molecule has 8 rings (SSSR count). The average Bonchev–Trinajstić information content (AvgIpc) is 3.49. The van der Waals surface area contributed by atoms with E-state index in [1.165, 1.54) is 112 Å². The van der Waals surface area contributed by atoms with E-state index in [0.717, 1.165) is 37.1 Å². The van der Waals surface area contributed by atoms with Crippen LogP contribution in [0, 0.1) is 11.3 Å². The van der Waals surface area contributed by atoms with Gasteiger partial charge in [0.15, 0.2) is 0 Å². The van der Waals surface area contributed by atoms with Gasteiger partial charge >= 0.3 is 0 Å². The molecule has 1 aromatic carbocycles. The summed E-state index contributed by atoms with van der Waals surface area (Å²) in [6.45, 7) is 4.68. The van der Waals surface area contributed by atoms with E-state index in [-0.39, 0.29) is 11.5 Å². The van der Waals surface area contributed by atoms with Gasteiger partial charge in [-0.05, 0) is 87.9 Å². The molecule has 6 heterocycles. The smallest absolute Gasteiger partial charge is 0.0994 e. The fourth-order valence-corrected chi connectivity index (χ4v) is 10.3. The second-order valence-electron chi connectivity index (χ2n) is 14.3. The summed E-state index contributed by atoms with van der Waals surface area (Å²) in [5.74, 6) is 0.437. The van der Waals surface area contributed by atoms with Crippen molar-refractivity contribution < 1.29 is 5.11 Å². The molecule has 0 saturated carbocycles. The third-order valence-corrected chi connectivity index (χ3v) is 11.9. The van der Waals surface area contributed by atoms with Crippen LogP contribution in [-0.4, -0.2) is 68.7 Å². The SMILES string of the molecule is OC12C=C(c3nccc4c3[nH]c3ccccc34)C3CCN(CCCCCCCC1)CC31CC3CCCCCCN3C21. The summed E-state index contributed by atoms with van der Waals surface area (Å²) in [5, 5.41) is 15.6. The first-order valence-corrected chi connectivity index (χ1v) is 17.0. The Balaban J connectivity index is 1.33. The molecule has 4 aliphatic heterocycles. The molecule has 1 aliphatic carbocycles. The van der Waals surface area contributed by atoms with E-state index >= 15 is 0 Å². The lowest BCUT2D eigenvalue weighted by molar-refractivity contribution is -0.0919. The molecule has 4 fully saturated rings. The van der Waals surface area contributed by atoms with Crippen LogP contribution >= 0.6 is 0 Å². The van der Waals surface area contributed by atoms with Crippen molar-refractivity contribution in [3.8, 4) is 0 Å². The van der Waals surface area contributed by atoms with E-state index in [1.807, 2.05) is 6.20 Å². The lowest BCUT2D eigenvalue weighted by Gasteiger charge is -2.58. The number of nitrogens with one attached hydrogen (secondary N) is 1. The van der Waals surface area contributed by atoms with Crippen LogP contribution in [0.25, 0.3) is 27.4 Å². The van der Waals surface area contributed by atoms with Gasteiger partial charge in [0, 0.05) is 46.5 Å². The minimum atomic E-state index is -0.813. The van der Waals surface area contributed by atoms with Gasteiger partial charge in [0.25, 0.3) is 0 Å². The number of allylic oxidation sites excluding steroid dienone is 1. The van der Waals surface area contributed by atoms with Gasteiger partial charge < -0.3 is 15.0 Å². The molecule has 5 nitrogen and oxygen atoms in total. The second kappa shape index (κ2) is 10.5. The summed E-state index contributed by atoms with van der Waals surface area (Å²) in [5.41, 5.74) is 4.03. The molecule has 1 spiro atoms. The molecule has 3 aromatic rings. The monoisotopic (exact) mass is 552 g/mol. The van der Waals surface area contributed by atoms with Gasteiger partial charge in [0.05, 0.1) is 16.8 Å². The van der Waals surface area contributed by atoms with E-state index in [9.17, 15) is 5.11 Å². The first-order chi connectivity index (χ1) is 20.2. The summed E-state index contributed by atoms with van der Waals surface area (Å²) >= 11 is 0. The number of pyridine rings is 1. The number of benzene rings is 1. The van der Waals surface area contributed by atoms with Crippen LogP contribution in [0.15, 0.2) is 42.6 Å². The summed E-state index contributed by atoms with van der Waals surface area (Å²) in [6, 6.07) is 11.7. The summed E-state index contributed by atoms with van der Waals surface area (Å²) in [4.78, 5) is 14.6. The standard InChI is InChI=1S/C36H48N4O/c41-36-18-10-4-1-2-5-11-20-39-22-17-30(35(25-39)23-26-13-7-3-6-12-21-40(26)34(35)36)29(24-36)32-33-28(16-19-37-32)27-14-8-9-15-31(27)38-33/h8-9,14-16,19,24,26,30,34,38,41H,1-7,10-13,17-18,20-23,25H2. The Kier molecular flexibility index (Phi) is 6.77. The Morgan fingerprint density at radius 3 is 2.56 bits per heavy atom. The van der Waals surface area contributed by atoms with Crippen LogP contribution in [-0.2, 0) is 0 Å². The molecular formula is C36H48N4O. The van der Waals surface area contributed by atoms with E-state index in [0.29, 0.717) is 12.0 Å². The largest absolute Gasteiger partial charge is 0.384 e. The maximum Gasteiger partial charge on any atom is 0.0994 e. The zero-order valence-electron chi connectivity index (χ0n) is 24.8. The van der Waals surface area contributed by atoms with E-state index in [1.54, 1.807) is 0 Å². The van der Waals surface area contributed by atoms with Gasteiger partial charge in [0.1, 0.15) is 0 Å². The first kappa shape index (κ1) is 26.4. The molecule has 5 heteroatoms. The molecule has 2 N–H and O–H groups in total. The zero-order valence-corrected chi connectivity index (χ0v) is 24.8. The third-order valence-electron chi connectivity index (χ3n) is 11.9. The molecule has 6 atom stereocenters. The Morgan fingerprint density at radius 1 is 0.829 bits per heavy atom. The van der Waals surface area contributed by atoms with Crippen molar-refractivity contribution >= 4 is 27.4 Å². The van der Waals surface area contributed by atoms with Gasteiger partial charge in [-0.2, -0.15) is 0 Å². The Labute approximate surface area is 245 Å². The molecule has 5 aliphatic rings. The third kappa shape index (κ3) is 4.33. The Morgan fingerprint density at radius 2 is 1.63 bits per heavy atom. The van der Waals surface area contributed by atoms with Crippen LogP contribution in [0.1, 0.15) is 95.6 Å². The van der Waals surface area contributed by atoms with Gasteiger partial charge in [-0.1, -0.05) is 69.6 Å². The maximum atomic E-state index is 13.1. The Bertz CT molecular complexity index is 1440. The number of para-hydroxylation sites is 1. The van der Waals surface area contributed by atoms with Crippen molar-refractivity contribution in [2.45, 2.75) is 108 Å². The van der Waals surface area contributed by atoms with E-state index in [4.69, 9.17) is 4.98 Å². The molecule has 6 unspecified atom stereocenters. The van der Waals surface area contributed by atoms with Crippen LogP contribution in [0.4, 0.5) is 0 Å². The number of aromatic nitrogens is 2. The van der Waals surface area contributed by atoms with Crippen LogP contribution in [0.2, 0.25) is 0 Å². The first-order valence-electron chi connectivity index (χ1n) is 17.0. The lowest BCUT2D eigenvalue weighted by Crippen LogP contribution is -2.65. The number of H-pyrrole nitrogens is 1. The van der Waals surface area contributed by atoms with E-state index < -0.39 is 5.60 Å². The highest BCUT2D eigenvalue weighted by molar-refractivity contribution is 6.09. The van der Waals surface area contributed by atoms with Gasteiger partial charge in [-0.3, -0.25) is 9.88 Å². The predicted molar refractivity (Wildman–Crippen MR) is 168 cm³/mol. The van der Waals surface area contributed by atoms with Crippen LogP contribution < -0.4 is 0 Å². The van der Waals surface area contributed by atoms with Gasteiger partial charge in [-0.25, -0.2) is 0 Å². The highest BCUT2D eigenvalue weighted by atomic mass is 16.3. The molecule has 4 saturated heterocycles. The fourth-order valence-electron chi connectivity index (χ4n) is 10.3. The van der Waals surface area contributed by atoms with Gasteiger partial charge in [-0.15, -0.1) is 0 Å². The van der Waals surface area contributed by atoms with Crippen molar-refractivity contribution in [2.24, 2.45) is 11.3 Å².